The Morgan fingerprint density at radius 3 is 2.52 bits per heavy atom. The molecule has 1 unspecified atom stereocenters. The average Bonchev–Trinajstić information content (AvgIpc) is 2.62. The summed E-state index contributed by atoms with van der Waals surface area (Å²) in [6.07, 6.45) is 1.39. The first-order chi connectivity index (χ1) is 12.8. The molecule has 0 spiro atoms. The lowest BCUT2D eigenvalue weighted by atomic mass is 10.2. The molecule has 0 radical (unpaired) electrons. The van der Waals surface area contributed by atoms with Crippen LogP contribution < -0.4 is 5.32 Å². The van der Waals surface area contributed by atoms with E-state index in [0.29, 0.717) is 5.56 Å². The van der Waals surface area contributed by atoms with Crippen LogP contribution in [0.5, 0.6) is 0 Å². The highest BCUT2D eigenvalue weighted by Gasteiger charge is 2.18. The zero-order valence-corrected chi connectivity index (χ0v) is 14.8. The number of hydrogen-bond acceptors (Lipinski definition) is 5. The van der Waals surface area contributed by atoms with Crippen molar-refractivity contribution in [2.75, 3.05) is 5.32 Å². The van der Waals surface area contributed by atoms with Crippen molar-refractivity contribution in [3.8, 4) is 0 Å². The zero-order chi connectivity index (χ0) is 20.0. The van der Waals surface area contributed by atoms with E-state index in [9.17, 15) is 24.1 Å². The van der Waals surface area contributed by atoms with Gasteiger partial charge in [-0.15, -0.1) is 0 Å². The number of nitro groups is 1. The normalized spacial score (nSPS) is 11.8. The van der Waals surface area contributed by atoms with E-state index in [4.69, 9.17) is 16.3 Å². The van der Waals surface area contributed by atoms with Gasteiger partial charge in [0.1, 0.15) is 5.82 Å². The zero-order valence-electron chi connectivity index (χ0n) is 14.0. The molecule has 7 nitrogen and oxygen atoms in total. The number of nitrogens with one attached hydrogen (secondary N) is 1. The smallest absolute Gasteiger partial charge is 0.331 e. The van der Waals surface area contributed by atoms with Gasteiger partial charge < -0.3 is 10.1 Å². The number of nitro benzene ring substituents is 1. The van der Waals surface area contributed by atoms with Crippen LogP contribution in [0.3, 0.4) is 0 Å². The minimum absolute atomic E-state index is 0.0210. The third-order valence-corrected chi connectivity index (χ3v) is 3.68. The van der Waals surface area contributed by atoms with Crippen LogP contribution in [0, 0.1) is 15.9 Å². The Hall–Kier alpha value is -3.26. The van der Waals surface area contributed by atoms with Gasteiger partial charge in [-0.1, -0.05) is 23.7 Å². The molecule has 1 amide bonds. The van der Waals surface area contributed by atoms with E-state index in [-0.39, 0.29) is 16.4 Å². The van der Waals surface area contributed by atoms with Gasteiger partial charge in [0.25, 0.3) is 11.6 Å². The van der Waals surface area contributed by atoms with Gasteiger partial charge in [-0.3, -0.25) is 14.9 Å². The molecule has 0 saturated heterocycles. The molecule has 9 heteroatoms. The van der Waals surface area contributed by atoms with Gasteiger partial charge in [-0.2, -0.15) is 0 Å². The molecule has 2 aromatic carbocycles. The lowest BCUT2D eigenvalue weighted by Gasteiger charge is -2.13. The summed E-state index contributed by atoms with van der Waals surface area (Å²) in [6.45, 7) is 1.36. The molecule has 0 bridgehead atoms. The molecular weight excluding hydrogens is 379 g/mol. The molecule has 0 saturated carbocycles. The summed E-state index contributed by atoms with van der Waals surface area (Å²) in [5.74, 6) is -1.82. The number of rotatable bonds is 6. The van der Waals surface area contributed by atoms with E-state index in [1.165, 1.54) is 49.4 Å². The molecule has 1 N–H and O–H groups in total. The van der Waals surface area contributed by atoms with Gasteiger partial charge in [-0.05, 0) is 36.8 Å². The molecule has 0 fully saturated rings. The Balaban J connectivity index is 1.94. The predicted octanol–water partition coefficient (Wildman–Crippen LogP) is 3.97. The van der Waals surface area contributed by atoms with Gasteiger partial charge >= 0.3 is 5.97 Å². The molecule has 2 rings (SSSR count). The number of carbonyl (C=O) groups excluding carboxylic acids is 2. The first kappa shape index (κ1) is 20.1. The van der Waals surface area contributed by atoms with Crippen molar-refractivity contribution in [1.29, 1.82) is 0 Å². The van der Waals surface area contributed by atoms with Gasteiger partial charge in [0.15, 0.2) is 6.10 Å². The molecule has 0 aliphatic rings. The number of anilines is 1. The van der Waals surface area contributed by atoms with Gasteiger partial charge in [0, 0.05) is 18.2 Å². The van der Waals surface area contributed by atoms with E-state index >= 15 is 0 Å². The topological polar surface area (TPSA) is 98.5 Å². The van der Waals surface area contributed by atoms with Crippen LogP contribution in [0.2, 0.25) is 5.02 Å². The first-order valence-electron chi connectivity index (χ1n) is 7.65. The van der Waals surface area contributed by atoms with Gasteiger partial charge in [0.2, 0.25) is 0 Å². The van der Waals surface area contributed by atoms with E-state index in [1.54, 1.807) is 0 Å². The van der Waals surface area contributed by atoms with Crippen LogP contribution in [0.4, 0.5) is 15.8 Å². The summed E-state index contributed by atoms with van der Waals surface area (Å²) < 4.78 is 17.8. The molecule has 0 heterocycles. The fourth-order valence-corrected chi connectivity index (χ4v) is 2.18. The lowest BCUT2D eigenvalue weighted by molar-refractivity contribution is -0.384. The number of halogens is 2. The lowest BCUT2D eigenvalue weighted by Crippen LogP contribution is -2.29. The molecule has 140 valence electrons. The van der Waals surface area contributed by atoms with Crippen LogP contribution in [-0.2, 0) is 14.3 Å². The summed E-state index contributed by atoms with van der Waals surface area (Å²) in [5.41, 5.74) is 0.517. The fraction of sp³-hybridized carbons (Fsp3) is 0.111. The Morgan fingerprint density at radius 1 is 1.26 bits per heavy atom. The monoisotopic (exact) mass is 392 g/mol. The number of hydrogen-bond donors (Lipinski definition) is 1. The molecule has 0 aromatic heterocycles. The Bertz CT molecular complexity index is 899. The number of benzene rings is 2. The van der Waals surface area contributed by atoms with Crippen molar-refractivity contribution in [2.45, 2.75) is 13.0 Å². The fourth-order valence-electron chi connectivity index (χ4n) is 1.96. The molecule has 2 aromatic rings. The molecule has 27 heavy (non-hydrogen) atoms. The molecule has 0 aliphatic heterocycles. The minimum Gasteiger partial charge on any atom is -0.449 e. The van der Waals surface area contributed by atoms with Crippen molar-refractivity contribution in [2.24, 2.45) is 0 Å². The van der Waals surface area contributed by atoms with Crippen LogP contribution in [-0.4, -0.2) is 22.9 Å². The van der Waals surface area contributed by atoms with Crippen molar-refractivity contribution in [3.63, 3.8) is 0 Å². The second kappa shape index (κ2) is 8.91. The highest BCUT2D eigenvalue weighted by Crippen LogP contribution is 2.26. The van der Waals surface area contributed by atoms with Gasteiger partial charge in [0.05, 0.1) is 15.6 Å². The Labute approximate surface area is 158 Å². The second-order valence-corrected chi connectivity index (χ2v) is 5.78. The number of ether oxygens (including phenoxy) is 1. The highest BCUT2D eigenvalue weighted by atomic mass is 35.5. The van der Waals surface area contributed by atoms with E-state index in [0.717, 1.165) is 12.1 Å². The number of esters is 1. The van der Waals surface area contributed by atoms with Crippen LogP contribution >= 0.6 is 11.6 Å². The summed E-state index contributed by atoms with van der Waals surface area (Å²) in [5, 5.41) is 13.1. The van der Waals surface area contributed by atoms with E-state index in [2.05, 4.69) is 5.32 Å². The Morgan fingerprint density at radius 2 is 1.93 bits per heavy atom. The van der Waals surface area contributed by atoms with Crippen molar-refractivity contribution >= 4 is 40.9 Å². The third-order valence-electron chi connectivity index (χ3n) is 3.37. The van der Waals surface area contributed by atoms with Crippen molar-refractivity contribution < 1.29 is 23.6 Å². The number of nitrogens with zero attached hydrogens (tertiary/aromatic N) is 1. The predicted molar refractivity (Wildman–Crippen MR) is 97.7 cm³/mol. The maximum atomic E-state index is 12.8. The first-order valence-corrected chi connectivity index (χ1v) is 8.03. The third kappa shape index (κ3) is 5.89. The number of carbonyl (C=O) groups is 2. The van der Waals surface area contributed by atoms with E-state index < -0.39 is 28.7 Å². The Kier molecular flexibility index (Phi) is 6.62. The molecule has 0 aliphatic carbocycles. The molecule has 1 atom stereocenters. The second-order valence-electron chi connectivity index (χ2n) is 5.37. The summed E-state index contributed by atoms with van der Waals surface area (Å²) >= 11 is 5.89. The van der Waals surface area contributed by atoms with Crippen LogP contribution in [0.25, 0.3) is 6.08 Å². The number of amides is 1. The standard InChI is InChI=1S/C18H14ClFN2O5/c1-11(27-17(23)9-4-12-2-5-13(20)6-3-12)18(24)21-16-8-7-14(22(25)26)10-15(16)19/h2-11H,1H3,(H,21,24)/b9-4+. The van der Waals surface area contributed by atoms with Crippen molar-refractivity contribution in [3.05, 3.63) is 75.1 Å². The van der Waals surface area contributed by atoms with E-state index in [1.807, 2.05) is 0 Å². The largest absolute Gasteiger partial charge is 0.449 e. The average molecular weight is 393 g/mol. The van der Waals surface area contributed by atoms with Crippen LogP contribution in [0.15, 0.2) is 48.5 Å². The number of non-ortho nitro benzene ring substituents is 1. The maximum absolute atomic E-state index is 12.8. The van der Waals surface area contributed by atoms with Crippen LogP contribution in [0.1, 0.15) is 12.5 Å². The summed E-state index contributed by atoms with van der Waals surface area (Å²) in [4.78, 5) is 33.9. The quantitative estimate of drug-likeness (QED) is 0.347. The summed E-state index contributed by atoms with van der Waals surface area (Å²) in [6, 6.07) is 9.01. The van der Waals surface area contributed by atoms with Gasteiger partial charge in [-0.25, -0.2) is 9.18 Å². The highest BCUT2D eigenvalue weighted by molar-refractivity contribution is 6.34. The summed E-state index contributed by atoms with van der Waals surface area (Å²) in [7, 11) is 0. The maximum Gasteiger partial charge on any atom is 0.331 e. The SMILES string of the molecule is CC(OC(=O)/C=C/c1ccc(F)cc1)C(=O)Nc1ccc([N+](=O)[O-])cc1Cl. The minimum atomic E-state index is -1.14. The van der Waals surface area contributed by atoms with Crippen molar-refractivity contribution in [1.82, 2.24) is 0 Å². The molecular formula is C18H14ClFN2O5.